The third-order valence-corrected chi connectivity index (χ3v) is 3.97. The lowest BCUT2D eigenvalue weighted by molar-refractivity contribution is 0.537. The van der Waals surface area contributed by atoms with Crippen LogP contribution in [0.1, 0.15) is 31.9 Å². The summed E-state index contributed by atoms with van der Waals surface area (Å²) in [4.78, 5) is 1.15. The molecular formula is C13H19N5S. The lowest BCUT2D eigenvalue weighted by Crippen LogP contribution is -2.19. The monoisotopic (exact) mass is 277 g/mol. The number of rotatable bonds is 6. The summed E-state index contributed by atoms with van der Waals surface area (Å²) in [6.45, 7) is 5.31. The van der Waals surface area contributed by atoms with Gasteiger partial charge in [-0.1, -0.05) is 26.0 Å². The number of hydrogen-bond acceptors (Lipinski definition) is 5. The van der Waals surface area contributed by atoms with Crippen LogP contribution in [0.3, 0.4) is 0 Å². The number of aryl methyl sites for hydroxylation is 1. The van der Waals surface area contributed by atoms with Gasteiger partial charge in [0, 0.05) is 18.0 Å². The molecule has 1 atom stereocenters. The molecule has 0 saturated heterocycles. The van der Waals surface area contributed by atoms with Crippen LogP contribution in [0.15, 0.2) is 34.3 Å². The van der Waals surface area contributed by atoms with Crippen molar-refractivity contribution >= 4 is 11.8 Å². The van der Waals surface area contributed by atoms with E-state index in [-0.39, 0.29) is 0 Å². The Hall–Kier alpha value is -1.40. The summed E-state index contributed by atoms with van der Waals surface area (Å²) >= 11 is 1.57. The lowest BCUT2D eigenvalue weighted by atomic mass is 10.1. The minimum Gasteiger partial charge on any atom is -0.310 e. The molecule has 6 heteroatoms. The first kappa shape index (κ1) is 14.0. The zero-order valence-corrected chi connectivity index (χ0v) is 12.3. The van der Waals surface area contributed by atoms with E-state index in [1.165, 1.54) is 5.56 Å². The molecule has 0 aliphatic rings. The van der Waals surface area contributed by atoms with Crippen LogP contribution in [0.5, 0.6) is 0 Å². The van der Waals surface area contributed by atoms with Crippen molar-refractivity contribution < 1.29 is 0 Å². The Morgan fingerprint density at radius 3 is 2.53 bits per heavy atom. The predicted octanol–water partition coefficient (Wildman–Crippen LogP) is 2.42. The van der Waals surface area contributed by atoms with Gasteiger partial charge in [0.25, 0.3) is 0 Å². The zero-order chi connectivity index (χ0) is 13.7. The average molecular weight is 277 g/mol. The number of hydrogen-bond donors (Lipinski definition) is 1. The topological polar surface area (TPSA) is 55.6 Å². The van der Waals surface area contributed by atoms with E-state index in [1.54, 1.807) is 16.4 Å². The Kier molecular flexibility index (Phi) is 4.93. The third kappa shape index (κ3) is 3.54. The van der Waals surface area contributed by atoms with E-state index >= 15 is 0 Å². The van der Waals surface area contributed by atoms with E-state index in [4.69, 9.17) is 0 Å². The molecular weight excluding hydrogens is 258 g/mol. The Morgan fingerprint density at radius 1 is 1.26 bits per heavy atom. The average Bonchev–Trinajstić information content (AvgIpc) is 2.83. The minimum absolute atomic E-state index is 0.431. The van der Waals surface area contributed by atoms with Crippen molar-refractivity contribution in [1.29, 1.82) is 0 Å². The number of aromatic nitrogens is 4. The second-order valence-electron chi connectivity index (χ2n) is 4.27. The summed E-state index contributed by atoms with van der Waals surface area (Å²) < 4.78 is 1.67. The third-order valence-electron chi connectivity index (χ3n) is 2.93. The smallest absolute Gasteiger partial charge is 0.213 e. The van der Waals surface area contributed by atoms with Gasteiger partial charge in [-0.3, -0.25) is 0 Å². The predicted molar refractivity (Wildman–Crippen MR) is 76.1 cm³/mol. The second kappa shape index (κ2) is 6.68. The Labute approximate surface area is 117 Å². The van der Waals surface area contributed by atoms with Gasteiger partial charge in [0.1, 0.15) is 0 Å². The Morgan fingerprint density at radius 2 is 2.00 bits per heavy atom. The molecule has 5 nitrogen and oxygen atoms in total. The van der Waals surface area contributed by atoms with Gasteiger partial charge in [0.2, 0.25) is 5.16 Å². The van der Waals surface area contributed by atoms with Gasteiger partial charge in [-0.25, -0.2) is 4.68 Å². The largest absolute Gasteiger partial charge is 0.310 e. The van der Waals surface area contributed by atoms with Crippen LogP contribution in [0.25, 0.3) is 0 Å². The quantitative estimate of drug-likeness (QED) is 0.879. The highest BCUT2D eigenvalue weighted by Crippen LogP contribution is 2.26. The van der Waals surface area contributed by atoms with Gasteiger partial charge in [-0.2, -0.15) is 0 Å². The molecule has 1 heterocycles. The summed E-state index contributed by atoms with van der Waals surface area (Å²) in [5, 5.41) is 15.7. The first-order valence-electron chi connectivity index (χ1n) is 6.48. The molecule has 1 N–H and O–H groups in total. The van der Waals surface area contributed by atoms with Crippen molar-refractivity contribution in [3.8, 4) is 0 Å². The molecule has 0 amide bonds. The maximum Gasteiger partial charge on any atom is 0.213 e. The fraction of sp³-hybridized carbons (Fsp3) is 0.462. The van der Waals surface area contributed by atoms with Gasteiger partial charge in [0.05, 0.1) is 0 Å². The summed E-state index contributed by atoms with van der Waals surface area (Å²) in [7, 11) is 1.84. The van der Waals surface area contributed by atoms with Gasteiger partial charge in [0.15, 0.2) is 0 Å². The molecule has 19 heavy (non-hydrogen) atoms. The number of tetrazole rings is 1. The van der Waals surface area contributed by atoms with Crippen LogP contribution in [0.4, 0.5) is 0 Å². The standard InChI is InChI=1S/C13H19N5S/c1-4-12(14-5-2)10-6-8-11(9-7-10)19-13-15-16-17-18(13)3/h6-9,12,14H,4-5H2,1-3H3. The molecule has 2 aromatic rings. The Bertz CT molecular complexity index is 508. The van der Waals surface area contributed by atoms with Gasteiger partial charge >= 0.3 is 0 Å². The molecule has 102 valence electrons. The maximum atomic E-state index is 3.97. The SMILES string of the molecule is CCNC(CC)c1ccc(Sc2nnnn2C)cc1. The molecule has 0 spiro atoms. The number of nitrogens with one attached hydrogen (secondary N) is 1. The van der Waals surface area contributed by atoms with E-state index in [1.807, 2.05) is 7.05 Å². The van der Waals surface area contributed by atoms with Crippen molar-refractivity contribution in [3.63, 3.8) is 0 Å². The number of nitrogens with zero attached hydrogens (tertiary/aromatic N) is 4. The second-order valence-corrected chi connectivity index (χ2v) is 5.32. The molecule has 1 unspecified atom stereocenters. The summed E-state index contributed by atoms with van der Waals surface area (Å²) in [5.41, 5.74) is 1.32. The lowest BCUT2D eigenvalue weighted by Gasteiger charge is -2.16. The van der Waals surface area contributed by atoms with Crippen LogP contribution >= 0.6 is 11.8 Å². The highest BCUT2D eigenvalue weighted by molar-refractivity contribution is 7.99. The van der Waals surface area contributed by atoms with Crippen molar-refractivity contribution in [3.05, 3.63) is 29.8 Å². The first-order valence-corrected chi connectivity index (χ1v) is 7.29. The molecule has 2 rings (SSSR count). The van der Waals surface area contributed by atoms with E-state index in [0.717, 1.165) is 23.0 Å². The highest BCUT2D eigenvalue weighted by atomic mass is 32.2. The molecule has 0 saturated carbocycles. The van der Waals surface area contributed by atoms with Crippen LogP contribution in [0, 0.1) is 0 Å². The van der Waals surface area contributed by atoms with Crippen molar-refractivity contribution in [2.45, 2.75) is 36.4 Å². The molecule has 0 fully saturated rings. The first-order chi connectivity index (χ1) is 9.24. The van der Waals surface area contributed by atoms with Crippen LogP contribution in [0.2, 0.25) is 0 Å². The fourth-order valence-corrected chi connectivity index (χ4v) is 2.65. The van der Waals surface area contributed by atoms with E-state index in [2.05, 4.69) is 59.0 Å². The van der Waals surface area contributed by atoms with Crippen LogP contribution in [-0.4, -0.2) is 26.8 Å². The molecule has 1 aromatic heterocycles. The van der Waals surface area contributed by atoms with E-state index in [0.29, 0.717) is 6.04 Å². The van der Waals surface area contributed by atoms with Gasteiger partial charge < -0.3 is 5.32 Å². The van der Waals surface area contributed by atoms with Crippen molar-refractivity contribution in [1.82, 2.24) is 25.5 Å². The summed E-state index contributed by atoms with van der Waals surface area (Å²) in [6, 6.07) is 9.01. The van der Waals surface area contributed by atoms with E-state index in [9.17, 15) is 0 Å². The van der Waals surface area contributed by atoms with Crippen molar-refractivity contribution in [2.75, 3.05) is 6.54 Å². The zero-order valence-electron chi connectivity index (χ0n) is 11.5. The van der Waals surface area contributed by atoms with Crippen LogP contribution in [-0.2, 0) is 7.05 Å². The number of benzene rings is 1. The highest BCUT2D eigenvalue weighted by Gasteiger charge is 2.09. The summed E-state index contributed by atoms with van der Waals surface area (Å²) in [6.07, 6.45) is 1.09. The van der Waals surface area contributed by atoms with Crippen LogP contribution < -0.4 is 5.32 Å². The minimum atomic E-state index is 0.431. The van der Waals surface area contributed by atoms with E-state index < -0.39 is 0 Å². The van der Waals surface area contributed by atoms with Crippen molar-refractivity contribution in [2.24, 2.45) is 7.05 Å². The molecule has 0 radical (unpaired) electrons. The molecule has 1 aromatic carbocycles. The Balaban J connectivity index is 2.08. The fourth-order valence-electron chi connectivity index (χ4n) is 1.93. The maximum absolute atomic E-state index is 3.97. The molecule has 0 aliphatic heterocycles. The normalized spacial score (nSPS) is 12.6. The summed E-state index contributed by atoms with van der Waals surface area (Å²) in [5.74, 6) is 0. The van der Waals surface area contributed by atoms with Gasteiger partial charge in [-0.15, -0.1) is 5.10 Å². The van der Waals surface area contributed by atoms with Gasteiger partial charge in [-0.05, 0) is 52.9 Å². The molecule has 0 bridgehead atoms. The molecule has 0 aliphatic carbocycles.